The number of nitrogens with one attached hydrogen (secondary N) is 2. The van der Waals surface area contributed by atoms with E-state index in [1.54, 1.807) is 49.6 Å². The number of anilines is 2. The quantitative estimate of drug-likeness (QED) is 0.396. The highest BCUT2D eigenvalue weighted by Crippen LogP contribution is 2.27. The first kappa shape index (κ1) is 19.7. The molecule has 0 spiro atoms. The number of furan rings is 1. The molecule has 0 aliphatic carbocycles. The monoisotopic (exact) mass is 464 g/mol. The van der Waals surface area contributed by atoms with E-state index >= 15 is 0 Å². The van der Waals surface area contributed by atoms with E-state index in [1.165, 1.54) is 0 Å². The van der Waals surface area contributed by atoms with Crippen LogP contribution in [0.4, 0.5) is 11.4 Å². The predicted octanol–water partition coefficient (Wildman–Crippen LogP) is 5.71. The van der Waals surface area contributed by atoms with Gasteiger partial charge in [-0.05, 0) is 64.5 Å². The molecule has 0 bridgehead atoms. The molecule has 2 amide bonds. The Hall–Kier alpha value is -3.58. The molecule has 0 saturated carbocycles. The third-order valence-corrected chi connectivity index (χ3v) is 5.10. The van der Waals surface area contributed by atoms with Crippen molar-refractivity contribution >= 4 is 50.1 Å². The van der Waals surface area contributed by atoms with Gasteiger partial charge in [-0.3, -0.25) is 9.59 Å². The number of ether oxygens (including phenoxy) is 1. The number of methoxy groups -OCH3 is 1. The van der Waals surface area contributed by atoms with Crippen molar-refractivity contribution in [2.75, 3.05) is 17.7 Å². The molecule has 0 radical (unpaired) electrons. The van der Waals surface area contributed by atoms with Gasteiger partial charge in [0.2, 0.25) is 0 Å². The largest absolute Gasteiger partial charge is 0.495 e. The fraction of sp³-hybridized carbons (Fsp3) is 0.0435. The van der Waals surface area contributed by atoms with Gasteiger partial charge in [-0.25, -0.2) is 0 Å². The molecule has 0 saturated heterocycles. The van der Waals surface area contributed by atoms with Crippen LogP contribution in [0.2, 0.25) is 0 Å². The first-order valence-electron chi connectivity index (χ1n) is 9.09. The number of para-hydroxylation sites is 3. The van der Waals surface area contributed by atoms with Crippen LogP contribution >= 0.6 is 15.9 Å². The number of amides is 2. The molecule has 0 fully saturated rings. The molecule has 0 aliphatic rings. The number of carbonyl (C=O) groups excluding carboxylic acids is 2. The van der Waals surface area contributed by atoms with Crippen molar-refractivity contribution in [3.63, 3.8) is 0 Å². The molecule has 0 unspecified atom stereocenters. The molecule has 7 heteroatoms. The number of benzene rings is 3. The first-order valence-corrected chi connectivity index (χ1v) is 9.88. The van der Waals surface area contributed by atoms with E-state index in [-0.39, 0.29) is 17.6 Å². The second kappa shape index (κ2) is 8.42. The molecule has 4 rings (SSSR count). The summed E-state index contributed by atoms with van der Waals surface area (Å²) in [6, 6.07) is 21.0. The summed E-state index contributed by atoms with van der Waals surface area (Å²) in [6.45, 7) is 0. The number of fused-ring (bicyclic) bond motifs is 1. The Balaban J connectivity index is 1.45. The van der Waals surface area contributed by atoms with Gasteiger partial charge < -0.3 is 19.8 Å². The Bertz CT molecular complexity index is 1230. The standard InChI is InChI=1S/C23H17BrN2O4/c1-29-19-8-3-2-7-18(19)26-22(27)14-9-11-16(12-10-14)25-23(28)20-13-15-5-4-6-17(24)21(15)30-20/h2-13H,1H3,(H,25,28)(H,26,27). The zero-order valence-electron chi connectivity index (χ0n) is 15.9. The van der Waals surface area contributed by atoms with Gasteiger partial charge in [-0.2, -0.15) is 0 Å². The average Bonchev–Trinajstić information content (AvgIpc) is 3.21. The van der Waals surface area contributed by atoms with Gasteiger partial charge in [0.25, 0.3) is 11.8 Å². The first-order chi connectivity index (χ1) is 14.5. The maximum absolute atomic E-state index is 12.5. The topological polar surface area (TPSA) is 80.6 Å². The minimum atomic E-state index is -0.371. The molecule has 1 aromatic heterocycles. The zero-order valence-corrected chi connectivity index (χ0v) is 17.5. The molecule has 4 aromatic rings. The summed E-state index contributed by atoms with van der Waals surface area (Å²) in [6.07, 6.45) is 0. The molecular weight excluding hydrogens is 448 g/mol. The molecule has 0 atom stereocenters. The molecule has 6 nitrogen and oxygen atoms in total. The molecule has 1 heterocycles. The minimum absolute atomic E-state index is 0.204. The van der Waals surface area contributed by atoms with Gasteiger partial charge in [0.15, 0.2) is 5.76 Å². The van der Waals surface area contributed by atoms with E-state index in [0.717, 1.165) is 9.86 Å². The van der Waals surface area contributed by atoms with E-state index in [9.17, 15) is 9.59 Å². The normalized spacial score (nSPS) is 10.6. The minimum Gasteiger partial charge on any atom is -0.495 e. The summed E-state index contributed by atoms with van der Waals surface area (Å²) in [5, 5.41) is 6.42. The fourth-order valence-electron chi connectivity index (χ4n) is 2.98. The van der Waals surface area contributed by atoms with Crippen molar-refractivity contribution in [1.29, 1.82) is 0 Å². The van der Waals surface area contributed by atoms with Crippen molar-refractivity contribution in [1.82, 2.24) is 0 Å². The van der Waals surface area contributed by atoms with Crippen LogP contribution < -0.4 is 15.4 Å². The van der Waals surface area contributed by atoms with Gasteiger partial charge in [0, 0.05) is 16.6 Å². The highest BCUT2D eigenvalue weighted by atomic mass is 79.9. The number of rotatable bonds is 5. The van der Waals surface area contributed by atoms with Gasteiger partial charge in [-0.1, -0.05) is 24.3 Å². The smallest absolute Gasteiger partial charge is 0.291 e. The lowest BCUT2D eigenvalue weighted by Gasteiger charge is -2.10. The third kappa shape index (κ3) is 4.06. The molecule has 150 valence electrons. The Labute approximate surface area is 181 Å². The summed E-state index contributed by atoms with van der Waals surface area (Å²) in [7, 11) is 1.54. The van der Waals surface area contributed by atoms with Crippen LogP contribution in [0.5, 0.6) is 5.75 Å². The van der Waals surface area contributed by atoms with Crippen LogP contribution in [-0.2, 0) is 0 Å². The van der Waals surface area contributed by atoms with Crippen molar-refractivity contribution < 1.29 is 18.7 Å². The Kier molecular flexibility index (Phi) is 5.54. The Morgan fingerprint density at radius 1 is 0.900 bits per heavy atom. The van der Waals surface area contributed by atoms with Crippen LogP contribution in [0.25, 0.3) is 11.0 Å². The predicted molar refractivity (Wildman–Crippen MR) is 119 cm³/mol. The van der Waals surface area contributed by atoms with E-state index < -0.39 is 0 Å². The van der Waals surface area contributed by atoms with Gasteiger partial charge in [-0.15, -0.1) is 0 Å². The lowest BCUT2D eigenvalue weighted by Crippen LogP contribution is -2.13. The van der Waals surface area contributed by atoms with Crippen LogP contribution in [-0.4, -0.2) is 18.9 Å². The summed E-state index contributed by atoms with van der Waals surface area (Å²) < 4.78 is 11.7. The summed E-state index contributed by atoms with van der Waals surface area (Å²) >= 11 is 3.41. The highest BCUT2D eigenvalue weighted by Gasteiger charge is 2.15. The highest BCUT2D eigenvalue weighted by molar-refractivity contribution is 9.10. The average molecular weight is 465 g/mol. The number of hydrogen-bond acceptors (Lipinski definition) is 4. The SMILES string of the molecule is COc1ccccc1NC(=O)c1ccc(NC(=O)c2cc3cccc(Br)c3o2)cc1. The van der Waals surface area contributed by atoms with Crippen molar-refractivity contribution in [3.8, 4) is 5.75 Å². The van der Waals surface area contributed by atoms with E-state index in [4.69, 9.17) is 9.15 Å². The Morgan fingerprint density at radius 3 is 2.40 bits per heavy atom. The molecule has 3 aromatic carbocycles. The Morgan fingerprint density at radius 2 is 1.67 bits per heavy atom. The van der Waals surface area contributed by atoms with E-state index in [0.29, 0.717) is 28.3 Å². The summed E-state index contributed by atoms with van der Waals surface area (Å²) in [5.74, 6) is 0.130. The summed E-state index contributed by atoms with van der Waals surface area (Å²) in [4.78, 5) is 25.0. The lowest BCUT2D eigenvalue weighted by molar-refractivity contribution is 0.0997. The lowest BCUT2D eigenvalue weighted by atomic mass is 10.2. The fourth-order valence-corrected chi connectivity index (χ4v) is 3.44. The number of hydrogen-bond donors (Lipinski definition) is 2. The van der Waals surface area contributed by atoms with Crippen LogP contribution in [0.15, 0.2) is 81.7 Å². The van der Waals surface area contributed by atoms with E-state index in [2.05, 4.69) is 26.6 Å². The van der Waals surface area contributed by atoms with Crippen molar-refractivity contribution in [3.05, 3.63) is 88.6 Å². The molecule has 0 aliphatic heterocycles. The second-order valence-electron chi connectivity index (χ2n) is 6.45. The third-order valence-electron chi connectivity index (χ3n) is 4.48. The van der Waals surface area contributed by atoms with Crippen LogP contribution in [0, 0.1) is 0 Å². The number of halogens is 1. The van der Waals surface area contributed by atoms with Crippen molar-refractivity contribution in [2.24, 2.45) is 0 Å². The van der Waals surface area contributed by atoms with Gasteiger partial charge >= 0.3 is 0 Å². The van der Waals surface area contributed by atoms with Crippen molar-refractivity contribution in [2.45, 2.75) is 0 Å². The molecule has 2 N–H and O–H groups in total. The van der Waals surface area contributed by atoms with Crippen LogP contribution in [0.3, 0.4) is 0 Å². The van der Waals surface area contributed by atoms with E-state index in [1.807, 2.05) is 30.3 Å². The van der Waals surface area contributed by atoms with Gasteiger partial charge in [0.05, 0.1) is 17.3 Å². The summed E-state index contributed by atoms with van der Waals surface area (Å²) in [5.41, 5.74) is 2.20. The molecule has 30 heavy (non-hydrogen) atoms. The van der Waals surface area contributed by atoms with Gasteiger partial charge in [0.1, 0.15) is 11.3 Å². The number of carbonyl (C=O) groups is 2. The maximum atomic E-state index is 12.5. The molecular formula is C23H17BrN2O4. The van der Waals surface area contributed by atoms with Crippen LogP contribution in [0.1, 0.15) is 20.9 Å². The second-order valence-corrected chi connectivity index (χ2v) is 7.31. The maximum Gasteiger partial charge on any atom is 0.291 e. The zero-order chi connectivity index (χ0) is 21.1.